The van der Waals surface area contributed by atoms with Gasteiger partial charge in [-0.3, -0.25) is 30.3 Å². The van der Waals surface area contributed by atoms with Crippen LogP contribution in [0.4, 0.5) is 41.6 Å². The molecule has 0 aromatic heterocycles. The summed E-state index contributed by atoms with van der Waals surface area (Å²) in [6.45, 7) is 0. The molecule has 0 saturated heterocycles. The molecule has 0 bridgehead atoms. The molecule has 0 heterocycles. The summed E-state index contributed by atoms with van der Waals surface area (Å²) in [5, 5.41) is 33.0. The first-order valence-corrected chi connectivity index (χ1v) is 7.85. The maximum absolute atomic E-state index is 13.5. The summed E-state index contributed by atoms with van der Waals surface area (Å²) in [6, 6.07) is 3.71. The third kappa shape index (κ3) is 4.00. The lowest BCUT2D eigenvalue weighted by Gasteiger charge is -2.24. The minimum absolute atomic E-state index is 0.00928. The minimum Gasteiger partial charge on any atom is -0.338 e. The zero-order chi connectivity index (χ0) is 21.4. The van der Waals surface area contributed by atoms with Crippen LogP contribution in [0.25, 0.3) is 0 Å². The summed E-state index contributed by atoms with van der Waals surface area (Å²) in [4.78, 5) is 30.7. The van der Waals surface area contributed by atoms with Crippen LogP contribution in [0.3, 0.4) is 0 Å². The molecule has 2 aromatic carbocycles. The van der Waals surface area contributed by atoms with E-state index in [2.05, 4.69) is 15.9 Å². The van der Waals surface area contributed by atoms with E-state index in [0.29, 0.717) is 6.07 Å². The predicted molar refractivity (Wildman–Crippen MR) is 93.6 cm³/mol. The minimum atomic E-state index is -5.15. The number of halogens is 4. The van der Waals surface area contributed by atoms with Crippen molar-refractivity contribution in [2.75, 3.05) is 11.9 Å². The van der Waals surface area contributed by atoms with Crippen molar-refractivity contribution in [2.24, 2.45) is 0 Å². The zero-order valence-corrected chi connectivity index (χ0v) is 15.2. The van der Waals surface area contributed by atoms with Gasteiger partial charge in [0.1, 0.15) is 5.69 Å². The second kappa shape index (κ2) is 7.38. The van der Waals surface area contributed by atoms with Crippen molar-refractivity contribution in [3.8, 4) is 0 Å². The smallest absolute Gasteiger partial charge is 0.338 e. The van der Waals surface area contributed by atoms with Gasteiger partial charge >= 0.3 is 6.18 Å². The average Bonchev–Trinajstić information content (AvgIpc) is 2.58. The van der Waals surface area contributed by atoms with Crippen molar-refractivity contribution in [1.82, 2.24) is 0 Å². The van der Waals surface area contributed by atoms with E-state index in [4.69, 9.17) is 0 Å². The summed E-state index contributed by atoms with van der Waals surface area (Å²) in [6.07, 6.45) is -5.15. The Morgan fingerprint density at radius 3 is 1.93 bits per heavy atom. The molecule has 28 heavy (non-hydrogen) atoms. The number of alkyl halides is 3. The molecule has 2 rings (SSSR count). The number of nitrogens with zero attached hydrogens (tertiary/aromatic N) is 4. The van der Waals surface area contributed by atoms with Crippen molar-refractivity contribution in [1.29, 1.82) is 0 Å². The second-order valence-corrected chi connectivity index (χ2v) is 6.18. The molecule has 14 heteroatoms. The molecule has 0 aliphatic rings. The van der Waals surface area contributed by atoms with E-state index in [1.807, 2.05) is 0 Å². The molecule has 0 spiro atoms. The Hall–Kier alpha value is -3.29. The molecule has 10 nitrogen and oxygen atoms in total. The van der Waals surface area contributed by atoms with Gasteiger partial charge in [-0.1, -0.05) is 0 Å². The second-order valence-electron chi connectivity index (χ2n) is 5.32. The van der Waals surface area contributed by atoms with Crippen LogP contribution in [0.15, 0.2) is 34.8 Å². The van der Waals surface area contributed by atoms with Gasteiger partial charge in [-0.15, -0.1) is 0 Å². The SMILES string of the molecule is CN(c1ccc([N+](=O)[O-])cc1Br)c1c([N+](=O)[O-])cc([N+](=O)[O-])cc1C(F)(F)F. The topological polar surface area (TPSA) is 133 Å². The monoisotopic (exact) mass is 464 g/mol. The molecule has 148 valence electrons. The maximum atomic E-state index is 13.5. The molecule has 0 aliphatic carbocycles. The number of nitro groups is 3. The molecule has 0 unspecified atom stereocenters. The quantitative estimate of drug-likeness (QED) is 0.450. The van der Waals surface area contributed by atoms with Crippen molar-refractivity contribution >= 4 is 44.4 Å². The summed E-state index contributed by atoms with van der Waals surface area (Å²) >= 11 is 2.98. The largest absolute Gasteiger partial charge is 0.418 e. The van der Waals surface area contributed by atoms with Gasteiger partial charge in [0.05, 0.1) is 32.1 Å². The van der Waals surface area contributed by atoms with Crippen molar-refractivity contribution in [2.45, 2.75) is 6.18 Å². The van der Waals surface area contributed by atoms with Crippen LogP contribution in [-0.2, 0) is 6.18 Å². The molecular weight excluding hydrogens is 457 g/mol. The van der Waals surface area contributed by atoms with Gasteiger partial charge in [0.25, 0.3) is 17.1 Å². The summed E-state index contributed by atoms with van der Waals surface area (Å²) < 4.78 is 40.5. The van der Waals surface area contributed by atoms with Gasteiger partial charge < -0.3 is 4.90 Å². The number of benzene rings is 2. The Bertz CT molecular complexity index is 998. The number of anilines is 2. The Labute approximate surface area is 161 Å². The fraction of sp³-hybridized carbons (Fsp3) is 0.143. The average molecular weight is 465 g/mol. The van der Waals surface area contributed by atoms with Crippen LogP contribution < -0.4 is 4.90 Å². The highest BCUT2D eigenvalue weighted by molar-refractivity contribution is 9.10. The fourth-order valence-electron chi connectivity index (χ4n) is 2.42. The summed E-state index contributed by atoms with van der Waals surface area (Å²) in [5.74, 6) is 0. The highest BCUT2D eigenvalue weighted by atomic mass is 79.9. The lowest BCUT2D eigenvalue weighted by molar-refractivity contribution is -0.394. The maximum Gasteiger partial charge on any atom is 0.418 e. The molecule has 0 atom stereocenters. The molecule has 0 saturated carbocycles. The molecule has 0 aliphatic heterocycles. The molecular formula is C14H8BrF3N4O6. The van der Waals surface area contributed by atoms with Crippen molar-refractivity contribution in [3.63, 3.8) is 0 Å². The Morgan fingerprint density at radius 1 is 0.929 bits per heavy atom. The molecule has 0 fully saturated rings. The number of hydrogen-bond acceptors (Lipinski definition) is 7. The van der Waals surface area contributed by atoms with E-state index in [1.54, 1.807) is 0 Å². The van der Waals surface area contributed by atoms with E-state index in [1.165, 1.54) is 0 Å². The van der Waals surface area contributed by atoms with Gasteiger partial charge in [-0.25, -0.2) is 0 Å². The number of non-ortho nitro benzene ring substituents is 2. The highest BCUT2D eigenvalue weighted by Crippen LogP contribution is 2.47. The van der Waals surface area contributed by atoms with Gasteiger partial charge in [0, 0.05) is 29.7 Å². The summed E-state index contributed by atoms with van der Waals surface area (Å²) in [5.41, 5.74) is -5.21. The Balaban J connectivity index is 2.81. The van der Waals surface area contributed by atoms with Gasteiger partial charge in [-0.05, 0) is 22.0 Å². The lowest BCUT2D eigenvalue weighted by Crippen LogP contribution is -2.19. The van der Waals surface area contributed by atoms with Gasteiger partial charge in [-0.2, -0.15) is 13.2 Å². The zero-order valence-electron chi connectivity index (χ0n) is 13.6. The molecule has 0 radical (unpaired) electrons. The third-order valence-corrected chi connectivity index (χ3v) is 4.26. The van der Waals surface area contributed by atoms with Crippen LogP contribution in [-0.4, -0.2) is 21.8 Å². The van der Waals surface area contributed by atoms with Crippen molar-refractivity contribution in [3.05, 3.63) is 70.7 Å². The highest BCUT2D eigenvalue weighted by Gasteiger charge is 2.41. The first kappa shape index (κ1) is 21.0. The summed E-state index contributed by atoms with van der Waals surface area (Å²) in [7, 11) is 1.06. The van der Waals surface area contributed by atoms with Crippen molar-refractivity contribution < 1.29 is 27.9 Å². The lowest BCUT2D eigenvalue weighted by atomic mass is 10.1. The van der Waals surface area contributed by atoms with Crippen LogP contribution in [0.5, 0.6) is 0 Å². The Kier molecular flexibility index (Phi) is 5.54. The first-order chi connectivity index (χ1) is 12.8. The third-order valence-electron chi connectivity index (χ3n) is 3.63. The molecule has 2 aromatic rings. The Morgan fingerprint density at radius 2 is 1.50 bits per heavy atom. The first-order valence-electron chi connectivity index (χ1n) is 7.06. The normalized spacial score (nSPS) is 11.2. The fourth-order valence-corrected chi connectivity index (χ4v) is 3.05. The predicted octanol–water partition coefficient (Wildman–Crippen LogP) is 4.96. The van der Waals surface area contributed by atoms with E-state index in [9.17, 15) is 43.5 Å². The molecule has 0 N–H and O–H groups in total. The molecule has 0 amide bonds. The van der Waals surface area contributed by atoms with Crippen LogP contribution >= 0.6 is 15.9 Å². The number of hydrogen-bond donors (Lipinski definition) is 0. The van der Waals surface area contributed by atoms with Crippen LogP contribution in [0, 0.1) is 30.3 Å². The van der Waals surface area contributed by atoms with Crippen LogP contribution in [0.1, 0.15) is 5.56 Å². The van der Waals surface area contributed by atoms with E-state index < -0.39 is 43.6 Å². The number of nitro benzene ring substituents is 3. The van der Waals surface area contributed by atoms with Crippen LogP contribution in [0.2, 0.25) is 0 Å². The van der Waals surface area contributed by atoms with E-state index >= 15 is 0 Å². The van der Waals surface area contributed by atoms with E-state index in [0.717, 1.165) is 30.1 Å². The van der Waals surface area contributed by atoms with Gasteiger partial charge in [0.15, 0.2) is 0 Å². The van der Waals surface area contributed by atoms with E-state index in [-0.39, 0.29) is 21.9 Å². The number of rotatable bonds is 5. The standard InChI is InChI=1S/C14H8BrF3N4O6/c1-19(11-3-2-7(20(23)24)5-10(11)15)13-9(14(16,17)18)4-8(21(25)26)6-12(13)22(27)28/h2-6H,1H3. The van der Waals surface area contributed by atoms with Gasteiger partial charge in [0.2, 0.25) is 0 Å².